The van der Waals surface area contributed by atoms with E-state index in [2.05, 4.69) is 15.9 Å². The highest BCUT2D eigenvalue weighted by molar-refractivity contribution is 5.63. The van der Waals surface area contributed by atoms with Crippen molar-refractivity contribution in [3.63, 3.8) is 0 Å². The number of anilines is 1. The molecule has 0 bridgehead atoms. The molecule has 2 unspecified atom stereocenters. The minimum atomic E-state index is -0.349. The van der Waals surface area contributed by atoms with Crippen molar-refractivity contribution in [2.24, 2.45) is 0 Å². The van der Waals surface area contributed by atoms with Crippen LogP contribution < -0.4 is 9.64 Å². The van der Waals surface area contributed by atoms with Gasteiger partial charge >= 0.3 is 0 Å². The zero-order chi connectivity index (χ0) is 14.7. The molecule has 0 radical (unpaired) electrons. The van der Waals surface area contributed by atoms with Crippen LogP contribution in [0.5, 0.6) is 5.75 Å². The minimum absolute atomic E-state index is 0.208. The lowest BCUT2D eigenvalue weighted by Crippen LogP contribution is -2.38. The molecular weight excluding hydrogens is 254 g/mol. The number of benzene rings is 1. The van der Waals surface area contributed by atoms with Crippen molar-refractivity contribution in [3.05, 3.63) is 23.8 Å². The number of nitriles is 1. The van der Waals surface area contributed by atoms with Gasteiger partial charge in [0, 0.05) is 25.2 Å². The van der Waals surface area contributed by atoms with E-state index in [1.54, 1.807) is 19.2 Å². The minimum Gasteiger partial charge on any atom is -0.497 e. The lowest BCUT2D eigenvalue weighted by molar-refractivity contribution is 0.191. The SMILES string of the molecule is COc1ccc(C#N)c(N2CC(O)CC2CN(C)C)c1. The van der Waals surface area contributed by atoms with Crippen LogP contribution in [0.2, 0.25) is 0 Å². The molecular formula is C15H21N3O2. The van der Waals surface area contributed by atoms with Gasteiger partial charge in [-0.15, -0.1) is 0 Å². The largest absolute Gasteiger partial charge is 0.497 e. The molecule has 1 heterocycles. The molecule has 1 N–H and O–H groups in total. The number of rotatable bonds is 4. The van der Waals surface area contributed by atoms with E-state index in [-0.39, 0.29) is 12.1 Å². The molecule has 108 valence electrons. The highest BCUT2D eigenvalue weighted by Crippen LogP contribution is 2.32. The van der Waals surface area contributed by atoms with E-state index in [0.29, 0.717) is 12.1 Å². The summed E-state index contributed by atoms with van der Waals surface area (Å²) in [6.07, 6.45) is 0.373. The van der Waals surface area contributed by atoms with Crippen LogP contribution in [-0.4, -0.2) is 56.4 Å². The molecule has 2 atom stereocenters. The fourth-order valence-corrected chi connectivity index (χ4v) is 2.75. The molecule has 0 spiro atoms. The lowest BCUT2D eigenvalue weighted by atomic mass is 10.1. The van der Waals surface area contributed by atoms with Gasteiger partial charge in [0.2, 0.25) is 0 Å². The fourth-order valence-electron chi connectivity index (χ4n) is 2.75. The molecule has 0 aliphatic carbocycles. The molecule has 0 saturated carbocycles. The Morgan fingerprint density at radius 1 is 1.50 bits per heavy atom. The maximum atomic E-state index is 9.96. The van der Waals surface area contributed by atoms with Gasteiger partial charge in [-0.25, -0.2) is 0 Å². The smallest absolute Gasteiger partial charge is 0.121 e. The summed E-state index contributed by atoms with van der Waals surface area (Å²) < 4.78 is 5.25. The van der Waals surface area contributed by atoms with Crippen molar-refractivity contribution in [1.29, 1.82) is 5.26 Å². The predicted molar refractivity (Wildman–Crippen MR) is 78.0 cm³/mol. The molecule has 5 heteroatoms. The third kappa shape index (κ3) is 3.03. The second kappa shape index (κ2) is 6.12. The second-order valence-electron chi connectivity index (χ2n) is 5.45. The number of aliphatic hydroxyl groups is 1. The van der Waals surface area contributed by atoms with E-state index >= 15 is 0 Å². The van der Waals surface area contributed by atoms with Crippen LogP contribution in [0.3, 0.4) is 0 Å². The van der Waals surface area contributed by atoms with Gasteiger partial charge in [0.1, 0.15) is 11.8 Å². The van der Waals surface area contributed by atoms with Crippen molar-refractivity contribution in [1.82, 2.24) is 4.90 Å². The molecule has 2 rings (SSSR count). The first-order valence-electron chi connectivity index (χ1n) is 6.72. The van der Waals surface area contributed by atoms with Crippen molar-refractivity contribution >= 4 is 5.69 Å². The van der Waals surface area contributed by atoms with E-state index < -0.39 is 0 Å². The first-order valence-corrected chi connectivity index (χ1v) is 6.72. The van der Waals surface area contributed by atoms with Crippen LogP contribution >= 0.6 is 0 Å². The Balaban J connectivity index is 2.35. The van der Waals surface area contributed by atoms with Crippen LogP contribution in [0.4, 0.5) is 5.69 Å². The third-order valence-corrected chi connectivity index (χ3v) is 3.60. The topological polar surface area (TPSA) is 59.7 Å². The average molecular weight is 275 g/mol. The monoisotopic (exact) mass is 275 g/mol. The standard InChI is InChI=1S/C15H21N3O2/c1-17(2)9-12-6-13(19)10-18(12)15-7-14(20-3)5-4-11(15)8-16/h4-5,7,12-13,19H,6,9-10H2,1-3H3. The van der Waals surface area contributed by atoms with Crippen molar-refractivity contribution in [3.8, 4) is 11.8 Å². The van der Waals surface area contributed by atoms with E-state index in [1.807, 2.05) is 20.2 Å². The first kappa shape index (κ1) is 14.6. The van der Waals surface area contributed by atoms with Crippen LogP contribution in [0, 0.1) is 11.3 Å². The number of hydrogen-bond donors (Lipinski definition) is 1. The molecule has 1 fully saturated rings. The molecule has 1 aromatic carbocycles. The summed E-state index contributed by atoms with van der Waals surface area (Å²) in [5.41, 5.74) is 1.46. The van der Waals surface area contributed by atoms with E-state index in [1.165, 1.54) is 0 Å². The third-order valence-electron chi connectivity index (χ3n) is 3.60. The van der Waals surface area contributed by atoms with Gasteiger partial charge in [0.25, 0.3) is 0 Å². The maximum absolute atomic E-state index is 9.96. The van der Waals surface area contributed by atoms with Gasteiger partial charge in [0.15, 0.2) is 0 Å². The molecule has 5 nitrogen and oxygen atoms in total. The summed E-state index contributed by atoms with van der Waals surface area (Å²) in [5.74, 6) is 0.726. The first-order chi connectivity index (χ1) is 9.55. The summed E-state index contributed by atoms with van der Waals surface area (Å²) in [4.78, 5) is 4.22. The summed E-state index contributed by atoms with van der Waals surface area (Å²) in [7, 11) is 5.64. The number of β-amino-alcohol motifs (C(OH)–C–C–N with tert-alkyl or cyclic N) is 1. The van der Waals surface area contributed by atoms with Gasteiger partial charge in [-0.3, -0.25) is 0 Å². The summed E-state index contributed by atoms with van der Waals surface area (Å²) in [6, 6.07) is 7.86. The molecule has 1 aromatic rings. The van der Waals surface area contributed by atoms with Crippen molar-refractivity contribution < 1.29 is 9.84 Å². The van der Waals surface area contributed by atoms with Crippen LogP contribution in [0.1, 0.15) is 12.0 Å². The number of ether oxygens (including phenoxy) is 1. The summed E-state index contributed by atoms with van der Waals surface area (Å²) in [6.45, 7) is 1.40. The van der Waals surface area contributed by atoms with Gasteiger partial charge in [0.05, 0.1) is 24.5 Å². The average Bonchev–Trinajstić information content (AvgIpc) is 2.77. The van der Waals surface area contributed by atoms with Crippen LogP contribution in [-0.2, 0) is 0 Å². The molecule has 0 aromatic heterocycles. The molecule has 1 saturated heterocycles. The molecule has 1 aliphatic heterocycles. The Bertz CT molecular complexity index is 510. The zero-order valence-corrected chi connectivity index (χ0v) is 12.2. The number of nitrogens with zero attached hydrogens (tertiary/aromatic N) is 3. The van der Waals surface area contributed by atoms with Crippen molar-refractivity contribution in [2.75, 3.05) is 39.2 Å². The number of aliphatic hydroxyl groups excluding tert-OH is 1. The van der Waals surface area contributed by atoms with E-state index in [0.717, 1.165) is 24.4 Å². The van der Waals surface area contributed by atoms with Gasteiger partial charge in [-0.2, -0.15) is 5.26 Å². The predicted octanol–water partition coefficient (Wildman–Crippen LogP) is 1.07. The highest BCUT2D eigenvalue weighted by Gasteiger charge is 2.32. The number of likely N-dealkylation sites (N-methyl/N-ethyl adjacent to an activating group) is 1. The van der Waals surface area contributed by atoms with Gasteiger partial charge in [-0.05, 0) is 32.6 Å². The Labute approximate surface area is 120 Å². The van der Waals surface area contributed by atoms with Crippen LogP contribution in [0.15, 0.2) is 18.2 Å². The quantitative estimate of drug-likeness (QED) is 0.890. The highest BCUT2D eigenvalue weighted by atomic mass is 16.5. The normalized spacial score (nSPS) is 22.1. The van der Waals surface area contributed by atoms with E-state index in [4.69, 9.17) is 4.74 Å². The molecule has 0 amide bonds. The summed E-state index contributed by atoms with van der Waals surface area (Å²) in [5, 5.41) is 19.2. The van der Waals surface area contributed by atoms with Crippen molar-refractivity contribution in [2.45, 2.75) is 18.6 Å². The van der Waals surface area contributed by atoms with E-state index in [9.17, 15) is 10.4 Å². The van der Waals surface area contributed by atoms with Gasteiger partial charge in [-0.1, -0.05) is 0 Å². The lowest BCUT2D eigenvalue weighted by Gasteiger charge is -2.29. The Morgan fingerprint density at radius 2 is 2.25 bits per heavy atom. The van der Waals surface area contributed by atoms with Crippen LogP contribution in [0.25, 0.3) is 0 Å². The summed E-state index contributed by atoms with van der Waals surface area (Å²) >= 11 is 0. The Morgan fingerprint density at radius 3 is 2.85 bits per heavy atom. The fraction of sp³-hybridized carbons (Fsp3) is 0.533. The number of hydrogen-bond acceptors (Lipinski definition) is 5. The zero-order valence-electron chi connectivity index (χ0n) is 12.2. The Kier molecular flexibility index (Phi) is 4.48. The number of methoxy groups -OCH3 is 1. The Hall–Kier alpha value is -1.77. The molecule has 1 aliphatic rings. The maximum Gasteiger partial charge on any atom is 0.121 e. The molecule has 20 heavy (non-hydrogen) atoms. The van der Waals surface area contributed by atoms with Gasteiger partial charge < -0.3 is 19.6 Å². The second-order valence-corrected chi connectivity index (χ2v) is 5.45.